The monoisotopic (exact) mass is 380 g/mol. The van der Waals surface area contributed by atoms with E-state index in [4.69, 9.17) is 4.74 Å². The Kier molecular flexibility index (Phi) is 6.38. The minimum Gasteiger partial charge on any atom is -0.482 e. The summed E-state index contributed by atoms with van der Waals surface area (Å²) in [6.07, 6.45) is 0.110. The van der Waals surface area contributed by atoms with Crippen LogP contribution < -0.4 is 10.1 Å². The van der Waals surface area contributed by atoms with Gasteiger partial charge in [-0.15, -0.1) is 12.4 Å². The van der Waals surface area contributed by atoms with E-state index < -0.39 is 11.0 Å². The lowest BCUT2D eigenvalue weighted by molar-refractivity contribution is -0.386. The van der Waals surface area contributed by atoms with Gasteiger partial charge < -0.3 is 14.8 Å². The van der Waals surface area contributed by atoms with Crippen molar-refractivity contribution in [1.29, 1.82) is 0 Å². The fourth-order valence-corrected chi connectivity index (χ4v) is 2.38. The van der Waals surface area contributed by atoms with Crippen molar-refractivity contribution in [3.63, 3.8) is 0 Å². The van der Waals surface area contributed by atoms with Crippen molar-refractivity contribution in [2.75, 3.05) is 13.7 Å². The van der Waals surface area contributed by atoms with Gasteiger partial charge in [-0.1, -0.05) is 15.9 Å². The predicted octanol–water partition coefficient (Wildman–Crippen LogP) is 2.06. The van der Waals surface area contributed by atoms with Crippen molar-refractivity contribution < 1.29 is 19.2 Å². The topological polar surface area (TPSA) is 90.7 Å². The van der Waals surface area contributed by atoms with Gasteiger partial charge in [-0.25, -0.2) is 0 Å². The van der Waals surface area contributed by atoms with Crippen LogP contribution in [0.15, 0.2) is 22.7 Å². The molecule has 1 saturated heterocycles. The SMILES string of the molecule is COC(=O)C1CC(Oc2ccc(Br)cc2[N+](=O)[O-])CN1.Cl. The molecule has 0 bridgehead atoms. The first-order chi connectivity index (χ1) is 9.51. The Balaban J connectivity index is 0.00000220. The zero-order valence-corrected chi connectivity index (χ0v) is 13.5. The number of nitrogens with zero attached hydrogens (tertiary/aromatic N) is 1. The Bertz CT molecular complexity index is 542. The van der Waals surface area contributed by atoms with Crippen LogP contribution in [0.25, 0.3) is 0 Å². The zero-order chi connectivity index (χ0) is 14.7. The number of ether oxygens (including phenoxy) is 2. The van der Waals surface area contributed by atoms with Crippen molar-refractivity contribution in [1.82, 2.24) is 5.32 Å². The third kappa shape index (κ3) is 4.29. The minimum absolute atomic E-state index is 0. The second-order valence-electron chi connectivity index (χ2n) is 4.33. The highest BCUT2D eigenvalue weighted by Crippen LogP contribution is 2.31. The molecule has 1 N–H and O–H groups in total. The van der Waals surface area contributed by atoms with Crippen LogP contribution in [0, 0.1) is 10.1 Å². The van der Waals surface area contributed by atoms with E-state index in [-0.39, 0.29) is 35.9 Å². The molecule has 0 radical (unpaired) electrons. The molecule has 1 aliphatic rings. The summed E-state index contributed by atoms with van der Waals surface area (Å²) in [6.45, 7) is 0.437. The van der Waals surface area contributed by atoms with E-state index in [2.05, 4.69) is 26.0 Å². The average Bonchev–Trinajstić information content (AvgIpc) is 2.88. The van der Waals surface area contributed by atoms with Crippen LogP contribution in [0.2, 0.25) is 0 Å². The molecule has 1 aromatic rings. The molecule has 116 valence electrons. The number of nitro groups is 1. The highest BCUT2D eigenvalue weighted by molar-refractivity contribution is 9.10. The second-order valence-corrected chi connectivity index (χ2v) is 5.24. The quantitative estimate of drug-likeness (QED) is 0.488. The largest absolute Gasteiger partial charge is 0.482 e. The maximum absolute atomic E-state index is 11.4. The van der Waals surface area contributed by atoms with Gasteiger partial charge in [-0.05, 0) is 12.1 Å². The third-order valence-electron chi connectivity index (χ3n) is 2.99. The highest BCUT2D eigenvalue weighted by atomic mass is 79.9. The number of halogens is 2. The molecule has 2 rings (SSSR count). The molecule has 0 amide bonds. The van der Waals surface area contributed by atoms with Crippen LogP contribution in [0.5, 0.6) is 5.75 Å². The normalized spacial score (nSPS) is 20.5. The van der Waals surface area contributed by atoms with Crippen LogP contribution in [0.1, 0.15) is 6.42 Å². The standard InChI is InChI=1S/C12H13BrN2O5.ClH/c1-19-12(16)9-5-8(6-14-9)20-11-3-2-7(13)4-10(11)15(17)18;/h2-4,8-9,14H,5-6H2,1H3;1H. The summed E-state index contributed by atoms with van der Waals surface area (Å²) < 4.78 is 10.9. The number of carbonyl (C=O) groups is 1. The summed E-state index contributed by atoms with van der Waals surface area (Å²) in [5.74, 6) is -0.170. The lowest BCUT2D eigenvalue weighted by Crippen LogP contribution is -2.31. The molecule has 1 heterocycles. The van der Waals surface area contributed by atoms with E-state index in [1.54, 1.807) is 6.07 Å². The minimum atomic E-state index is -0.500. The number of esters is 1. The average molecular weight is 382 g/mol. The number of hydrogen-bond acceptors (Lipinski definition) is 6. The summed E-state index contributed by atoms with van der Waals surface area (Å²) >= 11 is 3.18. The third-order valence-corrected chi connectivity index (χ3v) is 3.48. The van der Waals surface area contributed by atoms with Gasteiger partial charge in [0, 0.05) is 23.5 Å². The first kappa shape index (κ1) is 17.7. The number of rotatable bonds is 4. The highest BCUT2D eigenvalue weighted by Gasteiger charge is 2.32. The molecule has 1 fully saturated rings. The Labute approximate surface area is 135 Å². The van der Waals surface area contributed by atoms with Gasteiger partial charge in [-0.3, -0.25) is 14.9 Å². The van der Waals surface area contributed by atoms with E-state index in [9.17, 15) is 14.9 Å². The summed E-state index contributed by atoms with van der Waals surface area (Å²) in [7, 11) is 1.32. The molecule has 9 heteroatoms. The van der Waals surface area contributed by atoms with E-state index >= 15 is 0 Å². The van der Waals surface area contributed by atoms with Gasteiger partial charge in [0.1, 0.15) is 12.1 Å². The number of nitrogens with one attached hydrogen (secondary N) is 1. The number of methoxy groups -OCH3 is 1. The number of nitro benzene ring substituents is 1. The maximum atomic E-state index is 11.4. The van der Waals surface area contributed by atoms with Gasteiger partial charge in [0.05, 0.1) is 12.0 Å². The fourth-order valence-electron chi connectivity index (χ4n) is 2.03. The van der Waals surface area contributed by atoms with E-state index in [0.717, 1.165) is 0 Å². The van der Waals surface area contributed by atoms with Crippen LogP contribution in [0.4, 0.5) is 5.69 Å². The van der Waals surface area contributed by atoms with Gasteiger partial charge in [-0.2, -0.15) is 0 Å². The van der Waals surface area contributed by atoms with Crippen LogP contribution in [-0.4, -0.2) is 36.7 Å². The van der Waals surface area contributed by atoms with Gasteiger partial charge in [0.2, 0.25) is 0 Å². The summed E-state index contributed by atoms with van der Waals surface area (Å²) in [5, 5.41) is 13.9. The zero-order valence-electron chi connectivity index (χ0n) is 11.1. The molecule has 2 atom stereocenters. The molecular formula is C12H14BrClN2O5. The second kappa shape index (κ2) is 7.58. The molecule has 21 heavy (non-hydrogen) atoms. The van der Waals surface area contributed by atoms with E-state index in [1.165, 1.54) is 19.2 Å². The fraction of sp³-hybridized carbons (Fsp3) is 0.417. The van der Waals surface area contributed by atoms with Crippen LogP contribution in [0.3, 0.4) is 0 Å². The molecule has 0 spiro atoms. The number of benzene rings is 1. The lowest BCUT2D eigenvalue weighted by Gasteiger charge is -2.13. The Hall–Kier alpha value is -1.38. The first-order valence-corrected chi connectivity index (χ1v) is 6.72. The Morgan fingerprint density at radius 1 is 1.52 bits per heavy atom. The van der Waals surface area contributed by atoms with E-state index in [0.29, 0.717) is 17.4 Å². The summed E-state index contributed by atoms with van der Waals surface area (Å²) in [4.78, 5) is 21.9. The van der Waals surface area contributed by atoms with Crippen molar-refractivity contribution in [3.8, 4) is 5.75 Å². The Morgan fingerprint density at radius 2 is 2.24 bits per heavy atom. The van der Waals surface area contributed by atoms with Crippen molar-refractivity contribution in [2.24, 2.45) is 0 Å². The van der Waals surface area contributed by atoms with Gasteiger partial charge in [0.15, 0.2) is 5.75 Å². The molecule has 0 saturated carbocycles. The van der Waals surface area contributed by atoms with Crippen molar-refractivity contribution >= 4 is 40.0 Å². The molecule has 2 unspecified atom stereocenters. The van der Waals surface area contributed by atoms with Crippen LogP contribution >= 0.6 is 28.3 Å². The molecule has 0 aliphatic carbocycles. The van der Waals surface area contributed by atoms with Crippen LogP contribution in [-0.2, 0) is 9.53 Å². The maximum Gasteiger partial charge on any atom is 0.323 e. The molecule has 1 aliphatic heterocycles. The Morgan fingerprint density at radius 3 is 2.86 bits per heavy atom. The lowest BCUT2D eigenvalue weighted by atomic mass is 10.2. The molecule has 0 aromatic heterocycles. The van der Waals surface area contributed by atoms with Crippen molar-refractivity contribution in [3.05, 3.63) is 32.8 Å². The summed E-state index contributed by atoms with van der Waals surface area (Å²) in [6, 6.07) is 4.16. The predicted molar refractivity (Wildman–Crippen MR) is 80.9 cm³/mol. The van der Waals surface area contributed by atoms with Crippen molar-refractivity contribution in [2.45, 2.75) is 18.6 Å². The number of hydrogen-bond donors (Lipinski definition) is 1. The molecular weight excluding hydrogens is 367 g/mol. The van der Waals surface area contributed by atoms with Gasteiger partial charge >= 0.3 is 11.7 Å². The molecule has 1 aromatic carbocycles. The number of carbonyl (C=O) groups excluding carboxylic acids is 1. The van der Waals surface area contributed by atoms with Gasteiger partial charge in [0.25, 0.3) is 0 Å². The summed E-state index contributed by atoms with van der Waals surface area (Å²) in [5.41, 5.74) is -0.110. The molecule has 7 nitrogen and oxygen atoms in total. The van der Waals surface area contributed by atoms with E-state index in [1.807, 2.05) is 0 Å². The first-order valence-electron chi connectivity index (χ1n) is 5.93. The smallest absolute Gasteiger partial charge is 0.323 e.